The molecule has 1 aromatic rings. The minimum atomic E-state index is -0.483. The molecule has 1 rings (SSSR count). The monoisotopic (exact) mass is 284 g/mol. The summed E-state index contributed by atoms with van der Waals surface area (Å²) in [6, 6.07) is 3.03. The van der Waals surface area contributed by atoms with Crippen molar-refractivity contribution in [3.8, 4) is 0 Å². The number of carbonyl (C=O) groups excluding carboxylic acids is 1. The molecular weight excluding hydrogens is 268 g/mol. The SMILES string of the molecule is NCCNC(=O)CCCSc1ccc([N+](=O)[O-])cn1. The van der Waals surface area contributed by atoms with Crippen LogP contribution in [-0.4, -0.2) is 34.7 Å². The van der Waals surface area contributed by atoms with E-state index in [4.69, 9.17) is 5.73 Å². The van der Waals surface area contributed by atoms with Crippen molar-refractivity contribution in [2.75, 3.05) is 18.8 Å². The number of carbonyl (C=O) groups is 1. The van der Waals surface area contributed by atoms with Crippen LogP contribution in [0.25, 0.3) is 0 Å². The summed E-state index contributed by atoms with van der Waals surface area (Å²) in [5, 5.41) is 13.8. The third-order valence-corrected chi connectivity index (χ3v) is 3.23. The maximum absolute atomic E-state index is 11.3. The third-order valence-electron chi connectivity index (χ3n) is 2.20. The summed E-state index contributed by atoms with van der Waals surface area (Å²) < 4.78 is 0. The summed E-state index contributed by atoms with van der Waals surface area (Å²) in [6.45, 7) is 0.934. The molecule has 1 amide bonds. The third kappa shape index (κ3) is 6.16. The molecule has 0 aliphatic rings. The molecule has 0 spiro atoms. The fraction of sp³-hybridized carbons (Fsp3) is 0.455. The summed E-state index contributed by atoms with van der Waals surface area (Å²) in [6.07, 6.45) is 2.40. The van der Waals surface area contributed by atoms with E-state index < -0.39 is 4.92 Å². The quantitative estimate of drug-likeness (QED) is 0.318. The number of amides is 1. The van der Waals surface area contributed by atoms with Crippen LogP contribution in [-0.2, 0) is 4.79 Å². The maximum atomic E-state index is 11.3. The molecule has 0 radical (unpaired) electrons. The van der Waals surface area contributed by atoms with Gasteiger partial charge in [-0.25, -0.2) is 4.98 Å². The highest BCUT2D eigenvalue weighted by atomic mass is 32.2. The molecule has 0 bridgehead atoms. The molecule has 0 aliphatic carbocycles. The highest BCUT2D eigenvalue weighted by Gasteiger charge is 2.06. The number of nitrogens with two attached hydrogens (primary N) is 1. The van der Waals surface area contributed by atoms with Gasteiger partial charge in [0.05, 0.1) is 9.95 Å². The molecule has 0 saturated heterocycles. The van der Waals surface area contributed by atoms with Gasteiger partial charge in [-0.1, -0.05) is 0 Å². The number of hydrogen-bond acceptors (Lipinski definition) is 6. The molecule has 0 aromatic carbocycles. The van der Waals surface area contributed by atoms with E-state index in [1.807, 2.05) is 0 Å². The molecule has 104 valence electrons. The number of thioether (sulfide) groups is 1. The van der Waals surface area contributed by atoms with E-state index >= 15 is 0 Å². The van der Waals surface area contributed by atoms with Gasteiger partial charge in [0.25, 0.3) is 5.69 Å². The van der Waals surface area contributed by atoms with Gasteiger partial charge in [0.1, 0.15) is 6.20 Å². The smallest absolute Gasteiger partial charge is 0.287 e. The molecule has 3 N–H and O–H groups in total. The van der Waals surface area contributed by atoms with Crippen molar-refractivity contribution in [3.05, 3.63) is 28.4 Å². The van der Waals surface area contributed by atoms with Crippen LogP contribution in [0, 0.1) is 10.1 Å². The van der Waals surface area contributed by atoms with Crippen molar-refractivity contribution in [2.45, 2.75) is 17.9 Å². The average Bonchev–Trinajstić information content (AvgIpc) is 2.41. The largest absolute Gasteiger partial charge is 0.355 e. The van der Waals surface area contributed by atoms with Crippen LogP contribution < -0.4 is 11.1 Å². The number of aromatic nitrogens is 1. The van der Waals surface area contributed by atoms with Gasteiger partial charge in [0.2, 0.25) is 5.91 Å². The molecule has 0 fully saturated rings. The topological polar surface area (TPSA) is 111 Å². The average molecular weight is 284 g/mol. The molecule has 19 heavy (non-hydrogen) atoms. The van der Waals surface area contributed by atoms with Crippen LogP contribution in [0.15, 0.2) is 23.4 Å². The Labute approximate surface area is 115 Å². The highest BCUT2D eigenvalue weighted by molar-refractivity contribution is 7.99. The van der Waals surface area contributed by atoms with Gasteiger partial charge < -0.3 is 11.1 Å². The zero-order valence-corrected chi connectivity index (χ0v) is 11.2. The van der Waals surface area contributed by atoms with E-state index in [0.29, 0.717) is 24.5 Å². The van der Waals surface area contributed by atoms with Crippen molar-refractivity contribution in [2.24, 2.45) is 5.73 Å². The van der Waals surface area contributed by atoms with Crippen molar-refractivity contribution in [1.82, 2.24) is 10.3 Å². The first-order chi connectivity index (χ1) is 9.13. The van der Waals surface area contributed by atoms with Crippen LogP contribution >= 0.6 is 11.8 Å². The van der Waals surface area contributed by atoms with Crippen molar-refractivity contribution in [3.63, 3.8) is 0 Å². The molecule has 7 nitrogen and oxygen atoms in total. The lowest BCUT2D eigenvalue weighted by molar-refractivity contribution is -0.385. The lowest BCUT2D eigenvalue weighted by atomic mass is 10.3. The van der Waals surface area contributed by atoms with Crippen LogP contribution in [0.3, 0.4) is 0 Å². The number of nitrogens with zero attached hydrogens (tertiary/aromatic N) is 2. The summed E-state index contributed by atoms with van der Waals surface area (Å²) in [5.74, 6) is 0.726. The Morgan fingerprint density at radius 2 is 2.32 bits per heavy atom. The zero-order chi connectivity index (χ0) is 14.1. The summed E-state index contributed by atoms with van der Waals surface area (Å²) in [5.41, 5.74) is 5.24. The number of nitrogens with one attached hydrogen (secondary N) is 1. The minimum absolute atomic E-state index is 0.0114. The van der Waals surface area contributed by atoms with Crippen molar-refractivity contribution >= 4 is 23.4 Å². The predicted octanol–water partition coefficient (Wildman–Crippen LogP) is 0.937. The predicted molar refractivity (Wildman–Crippen MR) is 72.9 cm³/mol. The van der Waals surface area contributed by atoms with E-state index in [0.717, 1.165) is 12.2 Å². The molecule has 0 unspecified atom stereocenters. The van der Waals surface area contributed by atoms with Crippen molar-refractivity contribution in [1.29, 1.82) is 0 Å². The van der Waals surface area contributed by atoms with Crippen LogP contribution in [0.5, 0.6) is 0 Å². The second kappa shape index (κ2) is 8.44. The molecule has 0 saturated carbocycles. The Balaban J connectivity index is 2.22. The first-order valence-electron chi connectivity index (χ1n) is 5.83. The molecule has 0 aliphatic heterocycles. The fourth-order valence-corrected chi connectivity index (χ4v) is 2.06. The van der Waals surface area contributed by atoms with E-state index in [9.17, 15) is 14.9 Å². The van der Waals surface area contributed by atoms with E-state index in [-0.39, 0.29) is 11.6 Å². The minimum Gasteiger partial charge on any atom is -0.355 e. The second-order valence-corrected chi connectivity index (χ2v) is 4.82. The van der Waals surface area contributed by atoms with Crippen LogP contribution in [0.1, 0.15) is 12.8 Å². The van der Waals surface area contributed by atoms with Gasteiger partial charge in [-0.2, -0.15) is 0 Å². The normalized spacial score (nSPS) is 10.2. The Morgan fingerprint density at radius 1 is 1.53 bits per heavy atom. The Bertz CT molecular complexity index is 424. The lowest BCUT2D eigenvalue weighted by Crippen LogP contribution is -2.28. The summed E-state index contributed by atoms with van der Waals surface area (Å²) in [4.78, 5) is 25.2. The number of hydrogen-bond donors (Lipinski definition) is 2. The first-order valence-corrected chi connectivity index (χ1v) is 6.82. The van der Waals surface area contributed by atoms with E-state index in [1.165, 1.54) is 24.0 Å². The van der Waals surface area contributed by atoms with E-state index in [2.05, 4.69) is 10.3 Å². The molecule has 1 aromatic heterocycles. The molecular formula is C11H16N4O3S. The van der Waals surface area contributed by atoms with Crippen LogP contribution in [0.4, 0.5) is 5.69 Å². The fourth-order valence-electron chi connectivity index (χ4n) is 1.28. The second-order valence-electron chi connectivity index (χ2n) is 3.70. The summed E-state index contributed by atoms with van der Waals surface area (Å²) in [7, 11) is 0. The summed E-state index contributed by atoms with van der Waals surface area (Å²) >= 11 is 1.47. The first kappa shape index (κ1) is 15.4. The Hall–Kier alpha value is -1.67. The highest BCUT2D eigenvalue weighted by Crippen LogP contribution is 2.19. The van der Waals surface area contributed by atoms with Gasteiger partial charge in [-0.3, -0.25) is 14.9 Å². The van der Waals surface area contributed by atoms with Gasteiger partial charge in [0, 0.05) is 25.6 Å². The Morgan fingerprint density at radius 3 is 2.89 bits per heavy atom. The molecule has 8 heteroatoms. The molecule has 0 atom stereocenters. The number of nitro groups is 1. The number of rotatable bonds is 8. The maximum Gasteiger partial charge on any atom is 0.287 e. The van der Waals surface area contributed by atoms with Gasteiger partial charge in [-0.15, -0.1) is 11.8 Å². The van der Waals surface area contributed by atoms with Gasteiger partial charge in [0.15, 0.2) is 0 Å². The van der Waals surface area contributed by atoms with Gasteiger partial charge >= 0.3 is 0 Å². The standard InChI is InChI=1S/C11H16N4O3S/c12-5-6-13-10(16)2-1-7-19-11-4-3-9(8-14-11)15(17)18/h3-4,8H,1-2,5-7,12H2,(H,13,16). The number of pyridine rings is 1. The van der Waals surface area contributed by atoms with E-state index in [1.54, 1.807) is 6.07 Å². The lowest BCUT2D eigenvalue weighted by Gasteiger charge is -2.03. The zero-order valence-electron chi connectivity index (χ0n) is 10.4. The Kier molecular flexibility index (Phi) is 6.83. The molecule has 1 heterocycles. The van der Waals surface area contributed by atoms with Crippen molar-refractivity contribution < 1.29 is 9.72 Å². The van der Waals surface area contributed by atoms with Gasteiger partial charge in [-0.05, 0) is 18.2 Å². The van der Waals surface area contributed by atoms with Crippen LogP contribution in [0.2, 0.25) is 0 Å².